The fourth-order valence-electron chi connectivity index (χ4n) is 2.94. The Balaban J connectivity index is 1.61. The fourth-order valence-corrected chi connectivity index (χ4v) is 2.94. The molecule has 134 valence electrons. The molecule has 0 spiro atoms. The van der Waals surface area contributed by atoms with Crippen LogP contribution in [-0.2, 0) is 22.7 Å². The highest BCUT2D eigenvalue weighted by atomic mass is 16.2. The van der Waals surface area contributed by atoms with Crippen LogP contribution in [0, 0.1) is 0 Å². The molecule has 0 atom stereocenters. The van der Waals surface area contributed by atoms with E-state index in [1.54, 1.807) is 48.7 Å². The molecule has 8 heteroatoms. The predicted octanol–water partition coefficient (Wildman–Crippen LogP) is 1.19. The van der Waals surface area contributed by atoms with Gasteiger partial charge in [-0.05, 0) is 17.7 Å². The summed E-state index contributed by atoms with van der Waals surface area (Å²) in [7, 11) is 0. The van der Waals surface area contributed by atoms with Crippen LogP contribution in [0.1, 0.15) is 11.3 Å². The number of benzene rings is 1. The van der Waals surface area contributed by atoms with E-state index >= 15 is 0 Å². The molecule has 1 aromatic carbocycles. The van der Waals surface area contributed by atoms with Crippen molar-refractivity contribution in [1.82, 2.24) is 19.2 Å². The minimum absolute atomic E-state index is 0.00849. The van der Waals surface area contributed by atoms with Gasteiger partial charge in [0.05, 0.1) is 18.8 Å². The molecule has 0 bridgehead atoms. The van der Waals surface area contributed by atoms with Crippen molar-refractivity contribution >= 4 is 23.5 Å². The second-order valence-electron chi connectivity index (χ2n) is 6.07. The number of nitrogens with zero attached hydrogens (tertiary/aromatic N) is 4. The van der Waals surface area contributed by atoms with Gasteiger partial charge in [-0.3, -0.25) is 23.7 Å². The van der Waals surface area contributed by atoms with Crippen LogP contribution in [0.3, 0.4) is 0 Å². The summed E-state index contributed by atoms with van der Waals surface area (Å²) < 4.78 is 1.35. The molecular weight excluding hydrogens is 348 g/mol. The molecule has 0 unspecified atom stereocenters. The summed E-state index contributed by atoms with van der Waals surface area (Å²) in [6.07, 6.45) is 1.58. The molecule has 3 heterocycles. The zero-order valence-corrected chi connectivity index (χ0v) is 14.1. The average Bonchev–Trinajstić information content (AvgIpc) is 2.87. The van der Waals surface area contributed by atoms with E-state index < -0.39 is 17.8 Å². The summed E-state index contributed by atoms with van der Waals surface area (Å²) in [5, 5.41) is 0. The number of carbonyl (C=O) groups is 3. The monoisotopic (exact) mass is 362 g/mol. The third kappa shape index (κ3) is 2.97. The average molecular weight is 362 g/mol. The van der Waals surface area contributed by atoms with Crippen molar-refractivity contribution in [3.05, 3.63) is 82.4 Å². The van der Waals surface area contributed by atoms with Crippen LogP contribution >= 0.6 is 0 Å². The van der Waals surface area contributed by atoms with Crippen LogP contribution in [0.15, 0.2) is 65.6 Å². The maximum atomic E-state index is 12.6. The molecule has 0 radical (unpaired) electrons. The molecule has 0 aliphatic carbocycles. The molecule has 0 N–H and O–H groups in total. The Morgan fingerprint density at radius 3 is 2.19 bits per heavy atom. The first kappa shape index (κ1) is 16.6. The zero-order valence-electron chi connectivity index (χ0n) is 14.1. The molecule has 2 aromatic heterocycles. The van der Waals surface area contributed by atoms with Gasteiger partial charge in [0.1, 0.15) is 5.65 Å². The number of pyridine rings is 1. The maximum Gasteiger partial charge on any atom is 0.334 e. The lowest BCUT2D eigenvalue weighted by molar-refractivity contribution is -0.143. The van der Waals surface area contributed by atoms with Gasteiger partial charge in [0, 0.05) is 12.3 Å². The van der Waals surface area contributed by atoms with Crippen LogP contribution in [0.25, 0.3) is 5.65 Å². The topological polar surface area (TPSA) is 92.1 Å². The van der Waals surface area contributed by atoms with Crippen molar-refractivity contribution in [1.29, 1.82) is 0 Å². The van der Waals surface area contributed by atoms with E-state index in [-0.39, 0.29) is 24.3 Å². The number of rotatable bonds is 4. The van der Waals surface area contributed by atoms with Gasteiger partial charge in [-0.2, -0.15) is 0 Å². The number of hydrogen-bond donors (Lipinski definition) is 0. The van der Waals surface area contributed by atoms with Gasteiger partial charge >= 0.3 is 17.8 Å². The molecule has 3 aromatic rings. The smallest absolute Gasteiger partial charge is 0.269 e. The van der Waals surface area contributed by atoms with E-state index in [9.17, 15) is 19.2 Å². The van der Waals surface area contributed by atoms with E-state index in [0.29, 0.717) is 5.65 Å². The van der Waals surface area contributed by atoms with E-state index in [1.807, 2.05) is 6.07 Å². The van der Waals surface area contributed by atoms with Gasteiger partial charge in [0.15, 0.2) is 0 Å². The first-order valence-electron chi connectivity index (χ1n) is 8.23. The first-order chi connectivity index (χ1) is 13.0. The summed E-state index contributed by atoms with van der Waals surface area (Å²) in [6.45, 7) is -0.232. The second-order valence-corrected chi connectivity index (χ2v) is 6.07. The summed E-state index contributed by atoms with van der Waals surface area (Å²) in [5.41, 5.74) is 1.03. The van der Waals surface area contributed by atoms with Gasteiger partial charge in [-0.15, -0.1) is 0 Å². The maximum absolute atomic E-state index is 12.6. The van der Waals surface area contributed by atoms with Crippen molar-refractivity contribution in [2.75, 3.05) is 0 Å². The molecule has 1 saturated heterocycles. The van der Waals surface area contributed by atoms with Crippen LogP contribution in [-0.4, -0.2) is 37.0 Å². The van der Waals surface area contributed by atoms with E-state index in [0.717, 1.165) is 15.4 Å². The lowest BCUT2D eigenvalue weighted by atomic mass is 10.2. The van der Waals surface area contributed by atoms with Gasteiger partial charge in [-0.1, -0.05) is 36.4 Å². The molecule has 27 heavy (non-hydrogen) atoms. The molecular formula is C19H14N4O4. The van der Waals surface area contributed by atoms with Crippen LogP contribution < -0.4 is 5.56 Å². The van der Waals surface area contributed by atoms with E-state index in [1.165, 1.54) is 10.5 Å². The Labute approximate surface area is 153 Å². The predicted molar refractivity (Wildman–Crippen MR) is 94.4 cm³/mol. The fraction of sp³-hybridized carbons (Fsp3) is 0.105. The van der Waals surface area contributed by atoms with Crippen molar-refractivity contribution in [2.45, 2.75) is 13.1 Å². The van der Waals surface area contributed by atoms with Gasteiger partial charge in [0.25, 0.3) is 5.56 Å². The standard InChI is InChI=1S/C19H14N4O4/c24-16-10-14(20-15-8-4-5-9-21(15)16)12-23-18(26)17(25)22(19(23)27)11-13-6-2-1-3-7-13/h1-10H,11-12H2. The van der Waals surface area contributed by atoms with Crippen LogP contribution in [0.2, 0.25) is 0 Å². The summed E-state index contributed by atoms with van der Waals surface area (Å²) >= 11 is 0. The van der Waals surface area contributed by atoms with Gasteiger partial charge in [-0.25, -0.2) is 14.7 Å². The molecule has 1 aliphatic heterocycles. The number of fused-ring (bicyclic) bond motifs is 1. The number of hydrogen-bond acceptors (Lipinski definition) is 5. The molecule has 1 aliphatic rings. The van der Waals surface area contributed by atoms with E-state index in [2.05, 4.69) is 4.98 Å². The number of carbonyl (C=O) groups excluding carboxylic acids is 3. The van der Waals surface area contributed by atoms with Crippen LogP contribution in [0.5, 0.6) is 0 Å². The van der Waals surface area contributed by atoms with Crippen molar-refractivity contribution in [2.24, 2.45) is 0 Å². The number of urea groups is 1. The Hall–Kier alpha value is -3.81. The van der Waals surface area contributed by atoms with Gasteiger partial charge in [0.2, 0.25) is 0 Å². The Morgan fingerprint density at radius 1 is 0.778 bits per heavy atom. The Kier molecular flexibility index (Phi) is 4.00. The Bertz CT molecular complexity index is 1120. The SMILES string of the molecule is O=C1C(=O)N(Cc2cc(=O)n3ccccc3n2)C(=O)N1Cc1ccccc1. The number of imide groups is 2. The number of aromatic nitrogens is 2. The second kappa shape index (κ2) is 6.49. The normalized spacial score (nSPS) is 14.4. The third-order valence-electron chi connectivity index (χ3n) is 4.26. The summed E-state index contributed by atoms with van der Waals surface area (Å²) in [4.78, 5) is 55.2. The largest absolute Gasteiger partial charge is 0.334 e. The third-order valence-corrected chi connectivity index (χ3v) is 4.26. The Morgan fingerprint density at radius 2 is 1.44 bits per heavy atom. The van der Waals surface area contributed by atoms with E-state index in [4.69, 9.17) is 0 Å². The zero-order chi connectivity index (χ0) is 19.0. The summed E-state index contributed by atoms with van der Waals surface area (Å²) in [5.74, 6) is -1.81. The molecule has 1 fully saturated rings. The highest BCUT2D eigenvalue weighted by molar-refractivity contribution is 6.44. The highest BCUT2D eigenvalue weighted by Crippen LogP contribution is 2.18. The number of amides is 4. The first-order valence-corrected chi connectivity index (χ1v) is 8.23. The highest BCUT2D eigenvalue weighted by Gasteiger charge is 2.44. The minimum Gasteiger partial charge on any atom is -0.269 e. The van der Waals surface area contributed by atoms with Gasteiger partial charge < -0.3 is 0 Å². The molecule has 4 rings (SSSR count). The van der Waals surface area contributed by atoms with Crippen LogP contribution in [0.4, 0.5) is 4.79 Å². The van der Waals surface area contributed by atoms with Crippen molar-refractivity contribution in [3.8, 4) is 0 Å². The minimum atomic E-state index is -0.925. The lowest BCUT2D eigenvalue weighted by Crippen LogP contribution is -2.33. The quantitative estimate of drug-likeness (QED) is 0.513. The molecule has 4 amide bonds. The lowest BCUT2D eigenvalue weighted by Gasteiger charge is -2.15. The molecule has 0 saturated carbocycles. The van der Waals surface area contributed by atoms with Crippen molar-refractivity contribution < 1.29 is 14.4 Å². The van der Waals surface area contributed by atoms with Crippen molar-refractivity contribution in [3.63, 3.8) is 0 Å². The summed E-state index contributed by atoms with van der Waals surface area (Å²) in [6, 6.07) is 14.5. The molecule has 8 nitrogen and oxygen atoms in total.